The monoisotopic (exact) mass is 267 g/mol. The topological polar surface area (TPSA) is 79.5 Å². The number of nitrogens with one attached hydrogen (secondary N) is 1. The fourth-order valence-electron chi connectivity index (χ4n) is 1.83. The Hall–Kier alpha value is -1.78. The van der Waals surface area contributed by atoms with Gasteiger partial charge in [0.15, 0.2) is 0 Å². The SMILES string of the molecule is CCCCCCC(=O)NCc1cc(C(=O)O)c(C)o1. The van der Waals surface area contributed by atoms with Gasteiger partial charge in [-0.05, 0) is 19.4 Å². The lowest BCUT2D eigenvalue weighted by molar-refractivity contribution is -0.121. The van der Waals surface area contributed by atoms with Crippen molar-refractivity contribution in [3.63, 3.8) is 0 Å². The van der Waals surface area contributed by atoms with Crippen LogP contribution in [0.25, 0.3) is 0 Å². The van der Waals surface area contributed by atoms with Crippen molar-refractivity contribution in [1.82, 2.24) is 5.32 Å². The van der Waals surface area contributed by atoms with Crippen molar-refractivity contribution >= 4 is 11.9 Å². The Morgan fingerprint density at radius 3 is 2.63 bits per heavy atom. The third-order valence-corrected chi connectivity index (χ3v) is 2.92. The molecule has 0 aliphatic carbocycles. The van der Waals surface area contributed by atoms with Gasteiger partial charge in [0.2, 0.25) is 5.91 Å². The van der Waals surface area contributed by atoms with Gasteiger partial charge in [-0.15, -0.1) is 0 Å². The summed E-state index contributed by atoms with van der Waals surface area (Å²) in [5, 5.41) is 11.6. The lowest BCUT2D eigenvalue weighted by Crippen LogP contribution is -2.22. The lowest BCUT2D eigenvalue weighted by Gasteiger charge is -2.02. The Kier molecular flexibility index (Phi) is 6.12. The van der Waals surface area contributed by atoms with E-state index in [0.717, 1.165) is 25.7 Å². The van der Waals surface area contributed by atoms with Crippen molar-refractivity contribution in [3.8, 4) is 0 Å². The van der Waals surface area contributed by atoms with E-state index in [1.807, 2.05) is 0 Å². The summed E-state index contributed by atoms with van der Waals surface area (Å²) in [7, 11) is 0. The van der Waals surface area contributed by atoms with Gasteiger partial charge < -0.3 is 14.8 Å². The molecule has 1 amide bonds. The van der Waals surface area contributed by atoms with Gasteiger partial charge in [-0.2, -0.15) is 0 Å². The summed E-state index contributed by atoms with van der Waals surface area (Å²) in [6.07, 6.45) is 4.74. The number of carboxylic acids is 1. The van der Waals surface area contributed by atoms with Crippen LogP contribution >= 0.6 is 0 Å². The zero-order valence-electron chi connectivity index (χ0n) is 11.5. The van der Waals surface area contributed by atoms with Crippen molar-refractivity contribution in [3.05, 3.63) is 23.2 Å². The van der Waals surface area contributed by atoms with Gasteiger partial charge in [-0.1, -0.05) is 26.2 Å². The molecule has 0 bridgehead atoms. The molecule has 2 N–H and O–H groups in total. The summed E-state index contributed by atoms with van der Waals surface area (Å²) in [5.41, 5.74) is 0.146. The first-order chi connectivity index (χ1) is 9.04. The van der Waals surface area contributed by atoms with Crippen molar-refractivity contribution in [1.29, 1.82) is 0 Å². The van der Waals surface area contributed by atoms with Crippen LogP contribution in [-0.4, -0.2) is 17.0 Å². The highest BCUT2D eigenvalue weighted by Gasteiger charge is 2.13. The quantitative estimate of drug-likeness (QED) is 0.710. The molecule has 1 heterocycles. The molecule has 0 radical (unpaired) electrons. The maximum Gasteiger partial charge on any atom is 0.339 e. The van der Waals surface area contributed by atoms with Crippen LogP contribution in [0.4, 0.5) is 0 Å². The largest absolute Gasteiger partial charge is 0.478 e. The van der Waals surface area contributed by atoms with E-state index in [-0.39, 0.29) is 18.0 Å². The number of unbranched alkanes of at least 4 members (excludes halogenated alkanes) is 3. The molecule has 19 heavy (non-hydrogen) atoms. The number of amides is 1. The van der Waals surface area contributed by atoms with Gasteiger partial charge in [-0.3, -0.25) is 4.79 Å². The predicted octanol–water partition coefficient (Wildman–Crippen LogP) is 2.87. The molecule has 0 aromatic carbocycles. The smallest absolute Gasteiger partial charge is 0.339 e. The molecule has 106 valence electrons. The first-order valence-electron chi connectivity index (χ1n) is 6.64. The number of carbonyl (C=O) groups excluding carboxylic acids is 1. The summed E-state index contributed by atoms with van der Waals surface area (Å²) in [6.45, 7) is 3.96. The summed E-state index contributed by atoms with van der Waals surface area (Å²) in [4.78, 5) is 22.4. The van der Waals surface area contributed by atoms with Crippen molar-refractivity contribution in [2.24, 2.45) is 0 Å². The van der Waals surface area contributed by atoms with Crippen molar-refractivity contribution in [2.75, 3.05) is 0 Å². The minimum Gasteiger partial charge on any atom is -0.478 e. The van der Waals surface area contributed by atoms with Gasteiger partial charge in [0, 0.05) is 6.42 Å². The van der Waals surface area contributed by atoms with E-state index in [4.69, 9.17) is 9.52 Å². The van der Waals surface area contributed by atoms with Crippen molar-refractivity contribution in [2.45, 2.75) is 52.5 Å². The number of carboxylic acid groups (broad SMARTS) is 1. The van der Waals surface area contributed by atoms with Crippen LogP contribution in [0.2, 0.25) is 0 Å². The van der Waals surface area contributed by atoms with Gasteiger partial charge in [-0.25, -0.2) is 4.79 Å². The third-order valence-electron chi connectivity index (χ3n) is 2.92. The molecule has 1 rings (SSSR count). The van der Waals surface area contributed by atoms with Gasteiger partial charge >= 0.3 is 5.97 Å². The zero-order valence-corrected chi connectivity index (χ0v) is 11.5. The summed E-state index contributed by atoms with van der Waals surface area (Å²) < 4.78 is 5.27. The minimum absolute atomic E-state index is 0.0259. The van der Waals surface area contributed by atoms with E-state index in [9.17, 15) is 9.59 Å². The number of furan rings is 1. The Labute approximate surface area is 113 Å². The number of hydrogen-bond acceptors (Lipinski definition) is 3. The Balaban J connectivity index is 2.34. The van der Waals surface area contributed by atoms with Crippen LogP contribution in [0.15, 0.2) is 10.5 Å². The number of rotatable bonds is 8. The molecule has 0 spiro atoms. The molecular formula is C14H21NO4. The van der Waals surface area contributed by atoms with E-state index < -0.39 is 5.97 Å². The predicted molar refractivity (Wildman–Crippen MR) is 71.0 cm³/mol. The number of aromatic carboxylic acids is 1. The third kappa shape index (κ3) is 5.16. The molecular weight excluding hydrogens is 246 g/mol. The first kappa shape index (κ1) is 15.3. The molecule has 0 atom stereocenters. The van der Waals surface area contributed by atoms with E-state index in [1.54, 1.807) is 6.92 Å². The van der Waals surface area contributed by atoms with Crippen LogP contribution in [-0.2, 0) is 11.3 Å². The maximum absolute atomic E-state index is 11.5. The summed E-state index contributed by atoms with van der Waals surface area (Å²) in [5.74, 6) is -0.211. The number of carbonyl (C=O) groups is 2. The molecule has 1 aromatic rings. The fourth-order valence-corrected chi connectivity index (χ4v) is 1.83. The van der Waals surface area contributed by atoms with E-state index in [1.165, 1.54) is 6.07 Å². The Bertz CT molecular complexity index is 437. The van der Waals surface area contributed by atoms with Crippen LogP contribution in [0.5, 0.6) is 0 Å². The summed E-state index contributed by atoms with van der Waals surface area (Å²) in [6, 6.07) is 1.45. The zero-order chi connectivity index (χ0) is 14.3. The number of aryl methyl sites for hydroxylation is 1. The molecule has 1 aromatic heterocycles. The van der Waals surface area contributed by atoms with E-state index >= 15 is 0 Å². The Morgan fingerprint density at radius 1 is 1.32 bits per heavy atom. The Morgan fingerprint density at radius 2 is 2.05 bits per heavy atom. The molecule has 5 nitrogen and oxygen atoms in total. The van der Waals surface area contributed by atoms with E-state index in [0.29, 0.717) is 17.9 Å². The molecule has 0 aliphatic rings. The van der Waals surface area contributed by atoms with Crippen LogP contribution in [0.3, 0.4) is 0 Å². The van der Waals surface area contributed by atoms with Crippen LogP contribution in [0, 0.1) is 6.92 Å². The fraction of sp³-hybridized carbons (Fsp3) is 0.571. The van der Waals surface area contributed by atoms with Gasteiger partial charge in [0.05, 0.1) is 6.54 Å². The second kappa shape index (κ2) is 7.61. The van der Waals surface area contributed by atoms with E-state index in [2.05, 4.69) is 12.2 Å². The lowest BCUT2D eigenvalue weighted by atomic mass is 10.1. The molecule has 0 saturated heterocycles. The minimum atomic E-state index is -1.02. The average Bonchev–Trinajstić information content (AvgIpc) is 2.74. The average molecular weight is 267 g/mol. The van der Waals surface area contributed by atoms with Crippen molar-refractivity contribution < 1.29 is 19.1 Å². The maximum atomic E-state index is 11.5. The molecule has 0 saturated carbocycles. The highest BCUT2D eigenvalue weighted by atomic mass is 16.4. The highest BCUT2D eigenvalue weighted by molar-refractivity contribution is 5.88. The standard InChI is InChI=1S/C14H21NO4/c1-3-4-5-6-7-13(16)15-9-11-8-12(14(17)18)10(2)19-11/h8H,3-7,9H2,1-2H3,(H,15,16)(H,17,18). The molecule has 5 heteroatoms. The molecule has 0 unspecified atom stereocenters. The van der Waals surface area contributed by atoms with Gasteiger partial charge in [0.1, 0.15) is 17.1 Å². The number of hydrogen-bond donors (Lipinski definition) is 2. The molecule has 0 fully saturated rings. The van der Waals surface area contributed by atoms with Gasteiger partial charge in [0.25, 0.3) is 0 Å². The first-order valence-corrected chi connectivity index (χ1v) is 6.64. The second-order valence-electron chi connectivity index (χ2n) is 4.58. The molecule has 0 aliphatic heterocycles. The highest BCUT2D eigenvalue weighted by Crippen LogP contribution is 2.14. The van der Waals surface area contributed by atoms with Crippen LogP contribution in [0.1, 0.15) is 60.9 Å². The summed E-state index contributed by atoms with van der Waals surface area (Å²) >= 11 is 0. The van der Waals surface area contributed by atoms with Crippen LogP contribution < -0.4 is 5.32 Å². The second-order valence-corrected chi connectivity index (χ2v) is 4.58. The normalized spacial score (nSPS) is 10.4.